The van der Waals surface area contributed by atoms with Gasteiger partial charge < -0.3 is 9.84 Å². The first-order valence-corrected chi connectivity index (χ1v) is 1.86. The Morgan fingerprint density at radius 1 is 1.30 bits per heavy atom. The molecule has 0 aliphatic heterocycles. The molecule has 0 aromatic heterocycles. The van der Waals surface area contributed by atoms with Crippen LogP contribution in [0.5, 0.6) is 0 Å². The first kappa shape index (κ1) is 8.73. The number of rotatable bonds is 0. The number of hydrogen-bond donors (Lipinski definition) is 1. The van der Waals surface area contributed by atoms with Gasteiger partial charge >= 0.3 is 18.3 Å². The molecule has 0 fully saturated rings. The van der Waals surface area contributed by atoms with Gasteiger partial charge in [-0.3, -0.25) is 0 Å². The lowest BCUT2D eigenvalue weighted by Crippen LogP contribution is -2.27. The van der Waals surface area contributed by atoms with Crippen molar-refractivity contribution in [3.05, 3.63) is 0 Å². The lowest BCUT2D eigenvalue weighted by Gasteiger charge is -2.00. The Labute approximate surface area is 52.2 Å². The van der Waals surface area contributed by atoms with Crippen molar-refractivity contribution < 1.29 is 32.6 Å². The third-order valence-corrected chi connectivity index (χ3v) is 0.411. The van der Waals surface area contributed by atoms with E-state index in [-0.39, 0.29) is 0 Å². The third-order valence-electron chi connectivity index (χ3n) is 0.411. The van der Waals surface area contributed by atoms with Crippen LogP contribution in [0.25, 0.3) is 0 Å². The second kappa shape index (κ2) is 2.54. The fourth-order valence-electron chi connectivity index (χ4n) is 0.137. The van der Waals surface area contributed by atoms with Crippen molar-refractivity contribution in [2.75, 3.05) is 0 Å². The molecule has 0 aromatic rings. The summed E-state index contributed by atoms with van der Waals surface area (Å²) in [5, 5.41) is 7.50. The molecule has 7 heteroatoms. The van der Waals surface area contributed by atoms with Crippen molar-refractivity contribution in [1.29, 1.82) is 0 Å². The number of ether oxygens (including phenoxy) is 1. The number of carboxylic acid groups (broad SMARTS) is 1. The van der Waals surface area contributed by atoms with Gasteiger partial charge in [-0.1, -0.05) is 0 Å². The van der Waals surface area contributed by atoms with Crippen LogP contribution < -0.4 is 0 Å². The smallest absolute Gasteiger partial charge is 0.449 e. The second-order valence-electron chi connectivity index (χ2n) is 1.15. The van der Waals surface area contributed by atoms with Crippen LogP contribution in [0.4, 0.5) is 18.0 Å². The average molecular weight is 158 g/mol. The molecule has 0 heterocycles. The Balaban J connectivity index is 3.99. The Morgan fingerprint density at radius 3 is 1.80 bits per heavy atom. The minimum absolute atomic E-state index is 2.28. The molecule has 4 nitrogen and oxygen atoms in total. The summed E-state index contributed by atoms with van der Waals surface area (Å²) in [6, 6.07) is 0. The van der Waals surface area contributed by atoms with Gasteiger partial charge in [0.15, 0.2) is 0 Å². The molecule has 0 aromatic carbocycles. The highest BCUT2D eigenvalue weighted by atomic mass is 19.4. The van der Waals surface area contributed by atoms with E-state index in [0.29, 0.717) is 0 Å². The van der Waals surface area contributed by atoms with Crippen molar-refractivity contribution in [2.45, 2.75) is 6.18 Å². The third kappa shape index (κ3) is 2.90. The zero-order chi connectivity index (χ0) is 8.36. The standard InChI is InChI=1S/C3HF3O4/c4-3(5,6)1(7)10-2(8)9/h(H,8,9). The van der Waals surface area contributed by atoms with E-state index in [9.17, 15) is 22.8 Å². The van der Waals surface area contributed by atoms with Gasteiger partial charge in [0.25, 0.3) is 0 Å². The van der Waals surface area contributed by atoms with Crippen LogP contribution in [0.1, 0.15) is 0 Å². The molecule has 58 valence electrons. The average Bonchev–Trinajstić information content (AvgIpc) is 1.60. The van der Waals surface area contributed by atoms with Crippen LogP contribution in [0.3, 0.4) is 0 Å². The van der Waals surface area contributed by atoms with Gasteiger partial charge in [-0.2, -0.15) is 13.2 Å². The van der Waals surface area contributed by atoms with Crippen molar-refractivity contribution in [1.82, 2.24) is 0 Å². The molecule has 0 aliphatic carbocycles. The first-order valence-electron chi connectivity index (χ1n) is 1.86. The van der Waals surface area contributed by atoms with Gasteiger partial charge in [0.1, 0.15) is 0 Å². The Bertz CT molecular complexity index is 160. The maximum atomic E-state index is 11.1. The molecule has 0 saturated carbocycles. The predicted octanol–water partition coefficient (Wildman–Crippen LogP) is 0.770. The summed E-state index contributed by atoms with van der Waals surface area (Å²) in [6.45, 7) is 0. The number of esters is 1. The molecule has 0 radical (unpaired) electrons. The van der Waals surface area contributed by atoms with Crippen LogP contribution >= 0.6 is 0 Å². The highest BCUT2D eigenvalue weighted by Crippen LogP contribution is 2.16. The zero-order valence-corrected chi connectivity index (χ0v) is 4.31. The molecular formula is C3HF3O4. The SMILES string of the molecule is O=C(O)OC(=O)C(F)(F)F. The van der Waals surface area contributed by atoms with Gasteiger partial charge in [0.05, 0.1) is 0 Å². The molecule has 0 atom stereocenters. The summed E-state index contributed by atoms with van der Waals surface area (Å²) in [6.07, 6.45) is -7.53. The molecular weight excluding hydrogens is 157 g/mol. The monoisotopic (exact) mass is 158 g/mol. The molecule has 0 unspecified atom stereocenters. The molecule has 0 spiro atoms. The van der Waals surface area contributed by atoms with E-state index in [1.54, 1.807) is 0 Å². The molecule has 0 rings (SSSR count). The summed E-state index contributed by atoms with van der Waals surface area (Å²) >= 11 is 0. The molecule has 0 bridgehead atoms. The van der Waals surface area contributed by atoms with E-state index >= 15 is 0 Å². The molecule has 0 aliphatic rings. The molecule has 0 saturated heterocycles. The highest BCUT2D eigenvalue weighted by Gasteiger charge is 2.42. The van der Waals surface area contributed by atoms with Gasteiger partial charge in [-0.25, -0.2) is 9.59 Å². The summed E-state index contributed by atoms with van der Waals surface area (Å²) in [5.74, 6) is -2.74. The maximum absolute atomic E-state index is 11.1. The molecule has 1 N–H and O–H groups in total. The predicted molar refractivity (Wildman–Crippen MR) is 20.2 cm³/mol. The summed E-state index contributed by atoms with van der Waals surface area (Å²) in [4.78, 5) is 18.9. The van der Waals surface area contributed by atoms with Gasteiger partial charge in [0, 0.05) is 0 Å². The van der Waals surface area contributed by atoms with E-state index in [4.69, 9.17) is 5.11 Å². The molecule has 10 heavy (non-hydrogen) atoms. The quantitative estimate of drug-likeness (QED) is 0.417. The topological polar surface area (TPSA) is 63.6 Å². The summed E-state index contributed by atoms with van der Waals surface area (Å²) in [7, 11) is 0. The van der Waals surface area contributed by atoms with Crippen molar-refractivity contribution >= 4 is 12.1 Å². The van der Waals surface area contributed by atoms with Gasteiger partial charge in [-0.05, 0) is 0 Å². The number of alkyl halides is 3. The highest BCUT2D eigenvalue weighted by molar-refractivity contribution is 5.84. The lowest BCUT2D eigenvalue weighted by atomic mass is 10.7. The zero-order valence-electron chi connectivity index (χ0n) is 4.31. The minimum atomic E-state index is -5.25. The largest absolute Gasteiger partial charge is 0.513 e. The van der Waals surface area contributed by atoms with Crippen LogP contribution in [-0.4, -0.2) is 23.4 Å². The number of halogens is 3. The molecule has 0 amide bonds. The van der Waals surface area contributed by atoms with E-state index < -0.39 is 18.3 Å². The van der Waals surface area contributed by atoms with Crippen LogP contribution in [0.15, 0.2) is 0 Å². The normalized spacial score (nSPS) is 10.7. The van der Waals surface area contributed by atoms with Crippen LogP contribution in [-0.2, 0) is 9.53 Å². The summed E-state index contributed by atoms with van der Waals surface area (Å²) < 4.78 is 36.0. The fourth-order valence-corrected chi connectivity index (χ4v) is 0.137. The van der Waals surface area contributed by atoms with E-state index in [1.165, 1.54) is 0 Å². The fraction of sp³-hybridized carbons (Fsp3) is 0.333. The van der Waals surface area contributed by atoms with E-state index in [2.05, 4.69) is 4.74 Å². The van der Waals surface area contributed by atoms with Gasteiger partial charge in [0.2, 0.25) is 0 Å². The second-order valence-corrected chi connectivity index (χ2v) is 1.15. The number of carbonyl (C=O) groups is 2. The minimum Gasteiger partial charge on any atom is -0.449 e. The Hall–Kier alpha value is -1.27. The van der Waals surface area contributed by atoms with Crippen molar-refractivity contribution in [3.8, 4) is 0 Å². The van der Waals surface area contributed by atoms with Crippen LogP contribution in [0.2, 0.25) is 0 Å². The number of carbonyl (C=O) groups excluding carboxylic acids is 1. The van der Waals surface area contributed by atoms with Crippen molar-refractivity contribution in [2.24, 2.45) is 0 Å². The Kier molecular flexibility index (Phi) is 2.22. The van der Waals surface area contributed by atoms with Crippen molar-refractivity contribution in [3.63, 3.8) is 0 Å². The Morgan fingerprint density at radius 2 is 1.70 bits per heavy atom. The van der Waals surface area contributed by atoms with Crippen LogP contribution in [0, 0.1) is 0 Å². The first-order chi connectivity index (χ1) is 4.34. The van der Waals surface area contributed by atoms with Gasteiger partial charge in [-0.15, -0.1) is 0 Å². The maximum Gasteiger partial charge on any atom is 0.513 e. The summed E-state index contributed by atoms with van der Waals surface area (Å²) in [5.41, 5.74) is 0. The number of hydrogen-bond acceptors (Lipinski definition) is 3. The van der Waals surface area contributed by atoms with E-state index in [1.807, 2.05) is 0 Å². The lowest BCUT2D eigenvalue weighted by molar-refractivity contribution is -0.194. The van der Waals surface area contributed by atoms with E-state index in [0.717, 1.165) is 0 Å².